The number of hydrogen-bond acceptors (Lipinski definition) is 7. The van der Waals surface area contributed by atoms with Gasteiger partial charge in [-0.25, -0.2) is 4.79 Å². The first-order valence-electron chi connectivity index (χ1n) is 13.1. The van der Waals surface area contributed by atoms with Crippen molar-refractivity contribution in [2.45, 2.75) is 36.5 Å². The van der Waals surface area contributed by atoms with Crippen molar-refractivity contribution < 1.29 is 40.7 Å². The summed E-state index contributed by atoms with van der Waals surface area (Å²) in [4.78, 5) is 25.5. The molecule has 0 fully saturated rings. The topological polar surface area (TPSA) is 158 Å². The molecule has 3 aromatic carbocycles. The Kier molecular flexibility index (Phi) is 11.7. The number of rotatable bonds is 12. The largest absolute Gasteiger partial charge is 0.457 e. The highest BCUT2D eigenvalue weighted by Crippen LogP contribution is 2.41. The monoisotopic (exact) mass is 644 g/mol. The van der Waals surface area contributed by atoms with Crippen LogP contribution in [0.15, 0.2) is 59.5 Å². The number of hydrogen-bond donors (Lipinski definition) is 6. The lowest BCUT2D eigenvalue weighted by molar-refractivity contribution is -0.138. The minimum Gasteiger partial charge on any atom is -0.457 e. The third-order valence-corrected chi connectivity index (χ3v) is 6.91. The van der Waals surface area contributed by atoms with E-state index in [0.717, 1.165) is 36.0 Å². The Bertz CT molecular complexity index is 1470. The second kappa shape index (κ2) is 15.0. The number of benzene rings is 3. The first-order chi connectivity index (χ1) is 20.7. The van der Waals surface area contributed by atoms with E-state index in [0.29, 0.717) is 19.4 Å². The van der Waals surface area contributed by atoms with Crippen LogP contribution in [0.5, 0.6) is 11.5 Å². The maximum Gasteiger partial charge on any atom is 0.416 e. The summed E-state index contributed by atoms with van der Waals surface area (Å²) in [5.74, 6) is -0.430. The number of carbonyl (C=O) groups is 2. The Balaban J connectivity index is 1.86. The molecule has 3 rings (SSSR count). The van der Waals surface area contributed by atoms with Crippen LogP contribution in [-0.2, 0) is 17.1 Å². The Morgan fingerprint density at radius 1 is 0.773 bits per heavy atom. The van der Waals surface area contributed by atoms with Crippen molar-refractivity contribution in [2.75, 3.05) is 40.5 Å². The molecular weight excluding hydrogens is 614 g/mol. The summed E-state index contributed by atoms with van der Waals surface area (Å²) in [5.41, 5.74) is 14.0. The summed E-state index contributed by atoms with van der Waals surface area (Å²) in [7, 11) is 0. The second-order valence-corrected chi connectivity index (χ2v) is 10.4. The van der Waals surface area contributed by atoms with Gasteiger partial charge in [-0.15, -0.1) is 11.8 Å². The zero-order valence-corrected chi connectivity index (χ0v) is 23.9. The van der Waals surface area contributed by atoms with Gasteiger partial charge < -0.3 is 37.9 Å². The molecule has 0 bridgehead atoms. The van der Waals surface area contributed by atoms with E-state index in [2.05, 4.69) is 16.0 Å². The van der Waals surface area contributed by atoms with Crippen molar-refractivity contribution in [3.05, 3.63) is 65.7 Å². The van der Waals surface area contributed by atoms with Crippen molar-refractivity contribution >= 4 is 46.4 Å². The lowest BCUT2D eigenvalue weighted by Gasteiger charge is -2.19. The molecule has 9 nitrogen and oxygen atoms in total. The smallest absolute Gasteiger partial charge is 0.416 e. The maximum atomic E-state index is 13.8. The van der Waals surface area contributed by atoms with E-state index in [1.165, 1.54) is 30.3 Å². The number of ether oxygens (including phenoxy) is 1. The first-order valence-corrected chi connectivity index (χ1v) is 14.1. The minimum absolute atomic E-state index is 0.0309. The fraction of sp³-hybridized carbons (Fsp3) is 0.286. The molecule has 0 aliphatic rings. The zero-order valence-electron chi connectivity index (χ0n) is 23.1. The second-order valence-electron chi connectivity index (χ2n) is 9.33. The molecule has 0 spiro atoms. The molecule has 0 unspecified atom stereocenters. The van der Waals surface area contributed by atoms with Crippen LogP contribution < -0.4 is 37.9 Å². The van der Waals surface area contributed by atoms with Gasteiger partial charge in [-0.3, -0.25) is 4.79 Å². The number of carbonyl (C=O) groups excluding carboxylic acids is 2. The Morgan fingerprint density at radius 3 is 2.07 bits per heavy atom. The molecule has 0 aliphatic carbocycles. The Morgan fingerprint density at radius 2 is 1.43 bits per heavy atom. The van der Waals surface area contributed by atoms with E-state index in [4.69, 9.17) is 21.9 Å². The van der Waals surface area contributed by atoms with Gasteiger partial charge in [0.15, 0.2) is 0 Å². The van der Waals surface area contributed by atoms with Crippen LogP contribution in [0, 0.1) is 0 Å². The molecule has 0 aromatic heterocycles. The molecule has 0 heterocycles. The molecule has 16 heteroatoms. The van der Waals surface area contributed by atoms with Crippen LogP contribution in [0.25, 0.3) is 0 Å². The van der Waals surface area contributed by atoms with Crippen molar-refractivity contribution in [3.63, 3.8) is 0 Å². The maximum absolute atomic E-state index is 13.8. The van der Waals surface area contributed by atoms with Crippen molar-refractivity contribution in [1.82, 2.24) is 0 Å². The van der Waals surface area contributed by atoms with Crippen molar-refractivity contribution in [3.8, 4) is 11.5 Å². The first kappa shape index (κ1) is 34.3. The van der Waals surface area contributed by atoms with Crippen LogP contribution >= 0.6 is 11.8 Å². The molecule has 44 heavy (non-hydrogen) atoms. The molecule has 0 saturated carbocycles. The number of halogens is 6. The highest BCUT2D eigenvalue weighted by molar-refractivity contribution is 7.99. The Labute approximate surface area is 252 Å². The van der Waals surface area contributed by atoms with Gasteiger partial charge in [-0.05, 0) is 55.8 Å². The van der Waals surface area contributed by atoms with Gasteiger partial charge in [0, 0.05) is 42.2 Å². The van der Waals surface area contributed by atoms with E-state index in [1.54, 1.807) is 0 Å². The number of amides is 3. The van der Waals surface area contributed by atoms with Gasteiger partial charge in [0.05, 0.1) is 27.4 Å². The minimum atomic E-state index is -4.80. The van der Waals surface area contributed by atoms with Crippen LogP contribution in [0.2, 0.25) is 0 Å². The van der Waals surface area contributed by atoms with E-state index >= 15 is 0 Å². The SMILES string of the molecule is NCCCCC(=O)Nc1cc(C(F)(F)F)cc(NC(=O)Nc2cccc(Oc3cc(N)cc(C(F)(F)F)c3)c2)c1SCCN. The summed E-state index contributed by atoms with van der Waals surface area (Å²) in [6, 6.07) is 8.83. The summed E-state index contributed by atoms with van der Waals surface area (Å²) in [6.45, 7) is 0.512. The number of unbranched alkanes of at least 4 members (excludes halogenated alkanes) is 1. The lowest BCUT2D eigenvalue weighted by Crippen LogP contribution is -2.21. The molecule has 0 radical (unpaired) electrons. The predicted octanol–water partition coefficient (Wildman–Crippen LogP) is 6.86. The zero-order chi connectivity index (χ0) is 32.5. The molecule has 3 aromatic rings. The van der Waals surface area contributed by atoms with Gasteiger partial charge in [-0.1, -0.05) is 6.07 Å². The number of nitrogens with two attached hydrogens (primary N) is 3. The number of urea groups is 1. The fourth-order valence-electron chi connectivity index (χ4n) is 3.84. The highest BCUT2D eigenvalue weighted by atomic mass is 32.2. The van der Waals surface area contributed by atoms with Gasteiger partial charge in [-0.2, -0.15) is 26.3 Å². The standard InChI is InChI=1S/C28H30F6N6O3S/c29-27(30,31)16-10-18(37)14-21(11-16)43-20-5-3-4-19(15-20)38-26(42)40-23-13-17(28(32,33)34)12-22(25(23)44-9-8-36)39-24(41)6-1-2-7-35/h3-5,10-15H,1-2,6-9,35-37H2,(H,39,41)(H2,38,40,42). The highest BCUT2D eigenvalue weighted by Gasteiger charge is 2.33. The molecule has 0 saturated heterocycles. The number of anilines is 4. The quantitative estimate of drug-likeness (QED) is 0.0544. The summed E-state index contributed by atoms with van der Waals surface area (Å²) >= 11 is 1.04. The normalized spacial score (nSPS) is 11.6. The molecule has 0 atom stereocenters. The van der Waals surface area contributed by atoms with Crippen LogP contribution in [0.4, 0.5) is 53.9 Å². The van der Waals surface area contributed by atoms with E-state index in [-0.39, 0.29) is 57.9 Å². The van der Waals surface area contributed by atoms with Gasteiger partial charge >= 0.3 is 18.4 Å². The predicted molar refractivity (Wildman–Crippen MR) is 158 cm³/mol. The number of alkyl halides is 6. The summed E-state index contributed by atoms with van der Waals surface area (Å²) in [6.07, 6.45) is -8.44. The van der Waals surface area contributed by atoms with Gasteiger partial charge in [0.2, 0.25) is 5.91 Å². The van der Waals surface area contributed by atoms with E-state index in [9.17, 15) is 35.9 Å². The molecule has 9 N–H and O–H groups in total. The Hall–Kier alpha value is -4.15. The lowest BCUT2D eigenvalue weighted by atomic mass is 10.1. The summed E-state index contributed by atoms with van der Waals surface area (Å²) < 4.78 is 86.3. The average Bonchev–Trinajstić information content (AvgIpc) is 2.91. The summed E-state index contributed by atoms with van der Waals surface area (Å²) in [5, 5.41) is 7.33. The average molecular weight is 645 g/mol. The van der Waals surface area contributed by atoms with E-state index < -0.39 is 35.4 Å². The van der Waals surface area contributed by atoms with Crippen LogP contribution in [0.1, 0.15) is 30.4 Å². The third-order valence-electron chi connectivity index (χ3n) is 5.74. The van der Waals surface area contributed by atoms with Crippen LogP contribution in [-0.4, -0.2) is 30.8 Å². The number of nitrogen functional groups attached to an aromatic ring is 1. The van der Waals surface area contributed by atoms with Gasteiger partial charge in [0.1, 0.15) is 11.5 Å². The molecular formula is C28H30F6N6O3S. The van der Waals surface area contributed by atoms with Gasteiger partial charge in [0.25, 0.3) is 0 Å². The molecule has 3 amide bonds. The van der Waals surface area contributed by atoms with Crippen molar-refractivity contribution in [2.24, 2.45) is 11.5 Å². The number of nitrogens with one attached hydrogen (secondary N) is 3. The molecule has 0 aliphatic heterocycles. The third kappa shape index (κ3) is 10.2. The van der Waals surface area contributed by atoms with Crippen LogP contribution in [0.3, 0.4) is 0 Å². The van der Waals surface area contributed by atoms with Crippen molar-refractivity contribution in [1.29, 1.82) is 0 Å². The molecule has 238 valence electrons. The number of thioether (sulfide) groups is 1. The van der Waals surface area contributed by atoms with E-state index in [1.807, 2.05) is 0 Å². The fourth-order valence-corrected chi connectivity index (χ4v) is 4.69.